The fourth-order valence-corrected chi connectivity index (χ4v) is 4.29. The van der Waals surface area contributed by atoms with Crippen LogP contribution in [-0.4, -0.2) is 27.5 Å². The van der Waals surface area contributed by atoms with E-state index in [1.807, 2.05) is 6.92 Å². The van der Waals surface area contributed by atoms with E-state index < -0.39 is 10.0 Å². The van der Waals surface area contributed by atoms with E-state index in [9.17, 15) is 8.42 Å². The lowest BCUT2D eigenvalue weighted by atomic mass is 10.2. The summed E-state index contributed by atoms with van der Waals surface area (Å²) in [5.74, 6) is 0.965. The van der Waals surface area contributed by atoms with Crippen LogP contribution < -0.4 is 10.0 Å². The number of nitrogens with one attached hydrogen (secondary N) is 2. The monoisotopic (exact) mass is 366 g/mol. The third-order valence-electron chi connectivity index (χ3n) is 3.82. The molecule has 1 heterocycles. The number of halogens is 2. The van der Waals surface area contributed by atoms with Gasteiger partial charge in [0.05, 0.1) is 4.90 Å². The number of rotatable bonds is 3. The molecule has 2 unspecified atom stereocenters. The van der Waals surface area contributed by atoms with Gasteiger partial charge in [0.15, 0.2) is 0 Å². The molecule has 4 nitrogen and oxygen atoms in total. The van der Waals surface area contributed by atoms with Crippen LogP contribution >= 0.6 is 28.3 Å². The zero-order valence-electron chi connectivity index (χ0n) is 10.4. The molecule has 0 spiro atoms. The number of aryl methyl sites for hydroxylation is 1. The van der Waals surface area contributed by atoms with Gasteiger partial charge in [0.1, 0.15) is 0 Å². The molecule has 1 aliphatic carbocycles. The Hall–Kier alpha value is -0.140. The first kappa shape index (κ1) is 15.3. The van der Waals surface area contributed by atoms with Gasteiger partial charge in [0.2, 0.25) is 10.0 Å². The van der Waals surface area contributed by atoms with Gasteiger partial charge in [0.25, 0.3) is 0 Å². The predicted molar refractivity (Wildman–Crippen MR) is 80.1 cm³/mol. The van der Waals surface area contributed by atoms with Crippen LogP contribution in [0.4, 0.5) is 0 Å². The number of hydrogen-bond acceptors (Lipinski definition) is 3. The molecule has 0 aromatic heterocycles. The summed E-state index contributed by atoms with van der Waals surface area (Å²) >= 11 is 3.38. The van der Waals surface area contributed by atoms with Crippen molar-refractivity contribution in [2.24, 2.45) is 11.8 Å². The highest BCUT2D eigenvalue weighted by Crippen LogP contribution is 2.42. The molecule has 1 aliphatic heterocycles. The van der Waals surface area contributed by atoms with Crippen molar-refractivity contribution in [1.29, 1.82) is 0 Å². The molecule has 0 bridgehead atoms. The van der Waals surface area contributed by atoms with Crippen LogP contribution in [-0.2, 0) is 10.0 Å². The van der Waals surface area contributed by atoms with E-state index in [0.29, 0.717) is 16.7 Å². The minimum absolute atomic E-state index is 0. The van der Waals surface area contributed by atoms with Crippen molar-refractivity contribution in [3.8, 4) is 0 Å². The SMILES string of the molecule is Cc1cc(S(=O)(=O)NC2C3CNCC32)ccc1Br.Cl. The van der Waals surface area contributed by atoms with Gasteiger partial charge in [-0.1, -0.05) is 15.9 Å². The second-order valence-corrected chi connectivity index (χ2v) is 7.61. The van der Waals surface area contributed by atoms with Crippen LogP contribution in [0.5, 0.6) is 0 Å². The zero-order valence-corrected chi connectivity index (χ0v) is 13.6. The van der Waals surface area contributed by atoms with Crippen LogP contribution in [0.3, 0.4) is 0 Å². The first-order chi connectivity index (χ1) is 8.49. The number of benzene rings is 1. The van der Waals surface area contributed by atoms with E-state index in [1.165, 1.54) is 0 Å². The van der Waals surface area contributed by atoms with Crippen molar-refractivity contribution >= 4 is 38.4 Å². The molecule has 1 aromatic rings. The Labute approximate surface area is 127 Å². The second kappa shape index (κ2) is 5.33. The quantitative estimate of drug-likeness (QED) is 0.854. The van der Waals surface area contributed by atoms with Crippen molar-refractivity contribution in [2.75, 3.05) is 13.1 Å². The van der Waals surface area contributed by atoms with Crippen molar-refractivity contribution in [3.05, 3.63) is 28.2 Å². The third-order valence-corrected chi connectivity index (χ3v) is 6.17. The summed E-state index contributed by atoms with van der Waals surface area (Å²) in [7, 11) is -3.38. The molecular weight excluding hydrogens is 352 g/mol. The summed E-state index contributed by atoms with van der Waals surface area (Å²) in [4.78, 5) is 0.348. The first-order valence-electron chi connectivity index (χ1n) is 5.98. The lowest BCUT2D eigenvalue weighted by Gasteiger charge is -2.10. The molecule has 2 aliphatic rings. The van der Waals surface area contributed by atoms with Crippen LogP contribution in [0.2, 0.25) is 0 Å². The average molecular weight is 368 g/mol. The highest BCUT2D eigenvalue weighted by Gasteiger charge is 2.54. The van der Waals surface area contributed by atoms with Gasteiger partial charge >= 0.3 is 0 Å². The van der Waals surface area contributed by atoms with Crippen LogP contribution in [0.15, 0.2) is 27.6 Å². The zero-order chi connectivity index (χ0) is 12.9. The van der Waals surface area contributed by atoms with Gasteiger partial charge in [-0.25, -0.2) is 13.1 Å². The lowest BCUT2D eigenvalue weighted by Crippen LogP contribution is -2.32. The fraction of sp³-hybridized carbons (Fsp3) is 0.500. The Balaban J connectivity index is 0.00000133. The maximum atomic E-state index is 12.2. The lowest BCUT2D eigenvalue weighted by molar-refractivity contribution is 0.565. The smallest absolute Gasteiger partial charge is 0.240 e. The van der Waals surface area contributed by atoms with E-state index in [4.69, 9.17) is 0 Å². The van der Waals surface area contributed by atoms with Gasteiger partial charge in [-0.15, -0.1) is 12.4 Å². The van der Waals surface area contributed by atoms with E-state index >= 15 is 0 Å². The molecule has 7 heteroatoms. The molecule has 3 rings (SSSR count). The van der Waals surface area contributed by atoms with Crippen molar-refractivity contribution < 1.29 is 8.42 Å². The highest BCUT2D eigenvalue weighted by molar-refractivity contribution is 9.10. The molecule has 106 valence electrons. The highest BCUT2D eigenvalue weighted by atomic mass is 79.9. The van der Waals surface area contributed by atoms with E-state index in [0.717, 1.165) is 23.1 Å². The summed E-state index contributed by atoms with van der Waals surface area (Å²) in [6.07, 6.45) is 0. The Morgan fingerprint density at radius 3 is 2.53 bits per heavy atom. The maximum Gasteiger partial charge on any atom is 0.240 e. The van der Waals surface area contributed by atoms with Crippen LogP contribution in [0.25, 0.3) is 0 Å². The average Bonchev–Trinajstić information content (AvgIpc) is 2.77. The van der Waals surface area contributed by atoms with Crippen molar-refractivity contribution in [3.63, 3.8) is 0 Å². The Morgan fingerprint density at radius 1 is 1.32 bits per heavy atom. The minimum Gasteiger partial charge on any atom is -0.316 e. The van der Waals surface area contributed by atoms with E-state index in [1.54, 1.807) is 18.2 Å². The molecule has 2 atom stereocenters. The first-order valence-corrected chi connectivity index (χ1v) is 8.26. The summed E-state index contributed by atoms with van der Waals surface area (Å²) in [5, 5.41) is 3.25. The molecule has 1 saturated heterocycles. The van der Waals surface area contributed by atoms with Gasteiger partial charge in [-0.3, -0.25) is 0 Å². The maximum absolute atomic E-state index is 12.2. The standard InChI is InChI=1S/C12H15BrN2O2S.ClH/c1-7-4-8(2-3-11(7)13)18(16,17)15-12-9-5-14-6-10(9)12;/h2-4,9-10,12,14-15H,5-6H2,1H3;1H. The second-order valence-electron chi connectivity index (χ2n) is 5.04. The summed E-state index contributed by atoms with van der Waals surface area (Å²) in [5.41, 5.74) is 0.926. The van der Waals surface area contributed by atoms with Crippen LogP contribution in [0, 0.1) is 18.8 Å². The van der Waals surface area contributed by atoms with Gasteiger partial charge in [-0.2, -0.15) is 0 Å². The van der Waals surface area contributed by atoms with Gasteiger partial charge in [0, 0.05) is 10.5 Å². The van der Waals surface area contributed by atoms with E-state index in [-0.39, 0.29) is 18.4 Å². The van der Waals surface area contributed by atoms with Crippen molar-refractivity contribution in [1.82, 2.24) is 10.0 Å². The molecule has 19 heavy (non-hydrogen) atoms. The van der Waals surface area contributed by atoms with Gasteiger partial charge in [-0.05, 0) is 55.6 Å². The predicted octanol–water partition coefficient (Wildman–Crippen LogP) is 1.68. The molecule has 1 aromatic carbocycles. The molecule has 0 amide bonds. The third kappa shape index (κ3) is 2.83. The molecular formula is C12H16BrClN2O2S. The summed E-state index contributed by atoms with van der Waals surface area (Å²) in [6.45, 7) is 3.74. The number of piperidine rings is 1. The number of hydrogen-bond donors (Lipinski definition) is 2. The Kier molecular flexibility index (Phi) is 4.28. The Bertz CT molecular complexity index is 583. The largest absolute Gasteiger partial charge is 0.316 e. The Morgan fingerprint density at radius 2 is 1.95 bits per heavy atom. The molecule has 0 radical (unpaired) electrons. The van der Waals surface area contributed by atoms with Crippen molar-refractivity contribution in [2.45, 2.75) is 17.9 Å². The topological polar surface area (TPSA) is 58.2 Å². The minimum atomic E-state index is -3.38. The fourth-order valence-electron chi connectivity index (χ4n) is 2.62. The number of fused-ring (bicyclic) bond motifs is 1. The van der Waals surface area contributed by atoms with Crippen LogP contribution in [0.1, 0.15) is 5.56 Å². The molecule has 1 saturated carbocycles. The van der Waals surface area contributed by atoms with Gasteiger partial charge < -0.3 is 5.32 Å². The normalized spacial score (nSPS) is 28.6. The number of sulfonamides is 1. The van der Waals surface area contributed by atoms with E-state index in [2.05, 4.69) is 26.0 Å². The summed E-state index contributed by atoms with van der Waals surface area (Å²) < 4.78 is 28.2. The molecule has 2 fully saturated rings. The molecule has 2 N–H and O–H groups in total. The summed E-state index contributed by atoms with van der Waals surface area (Å²) in [6, 6.07) is 5.23.